The third-order valence-corrected chi connectivity index (χ3v) is 3.87. The number of hydrogen-bond acceptors (Lipinski definition) is 4. The highest BCUT2D eigenvalue weighted by atomic mass is 16.5. The van der Waals surface area contributed by atoms with Crippen LogP contribution in [-0.4, -0.2) is 21.3 Å². The Morgan fingerprint density at radius 3 is 2.82 bits per heavy atom. The van der Waals surface area contributed by atoms with E-state index in [4.69, 9.17) is 4.74 Å². The van der Waals surface area contributed by atoms with E-state index in [1.807, 2.05) is 19.1 Å². The SMILES string of the molecule is CCCCCn1nnc(C=O)c1COc1cccc(C)c1C. The first-order valence-corrected chi connectivity index (χ1v) is 7.74. The van der Waals surface area contributed by atoms with E-state index in [9.17, 15) is 4.79 Å². The Hall–Kier alpha value is -2.17. The van der Waals surface area contributed by atoms with E-state index in [-0.39, 0.29) is 0 Å². The molecule has 118 valence electrons. The number of hydrogen-bond donors (Lipinski definition) is 0. The van der Waals surface area contributed by atoms with Gasteiger partial charge in [-0.1, -0.05) is 37.1 Å². The first-order valence-electron chi connectivity index (χ1n) is 7.74. The third kappa shape index (κ3) is 3.72. The van der Waals surface area contributed by atoms with Crippen LogP contribution in [0.5, 0.6) is 5.75 Å². The van der Waals surface area contributed by atoms with Crippen molar-refractivity contribution in [2.24, 2.45) is 0 Å². The lowest BCUT2D eigenvalue weighted by Gasteiger charge is -2.12. The maximum absolute atomic E-state index is 11.1. The molecule has 0 bridgehead atoms. The van der Waals surface area contributed by atoms with Gasteiger partial charge in [-0.3, -0.25) is 4.79 Å². The second kappa shape index (κ2) is 7.73. The number of nitrogens with zero attached hydrogens (tertiary/aromatic N) is 3. The summed E-state index contributed by atoms with van der Waals surface area (Å²) in [6.45, 7) is 7.30. The molecule has 0 N–H and O–H groups in total. The fourth-order valence-electron chi connectivity index (χ4n) is 2.30. The van der Waals surface area contributed by atoms with Crippen LogP contribution >= 0.6 is 0 Å². The van der Waals surface area contributed by atoms with Crippen molar-refractivity contribution in [2.45, 2.75) is 53.2 Å². The van der Waals surface area contributed by atoms with Gasteiger partial charge in [0.15, 0.2) is 12.0 Å². The van der Waals surface area contributed by atoms with E-state index >= 15 is 0 Å². The lowest BCUT2D eigenvalue weighted by molar-refractivity contribution is 0.111. The third-order valence-electron chi connectivity index (χ3n) is 3.87. The summed E-state index contributed by atoms with van der Waals surface area (Å²) in [4.78, 5) is 11.1. The van der Waals surface area contributed by atoms with E-state index in [1.54, 1.807) is 4.68 Å². The summed E-state index contributed by atoms with van der Waals surface area (Å²) in [7, 11) is 0. The van der Waals surface area contributed by atoms with Crippen LogP contribution in [-0.2, 0) is 13.2 Å². The van der Waals surface area contributed by atoms with Gasteiger partial charge >= 0.3 is 0 Å². The molecule has 2 rings (SSSR count). The molecule has 0 amide bonds. The summed E-state index contributed by atoms with van der Waals surface area (Å²) >= 11 is 0. The standard InChI is InChI=1S/C17H23N3O2/c1-4-5-6-10-20-16(15(11-21)18-19-20)12-22-17-9-7-8-13(2)14(17)3/h7-9,11H,4-6,10,12H2,1-3H3. The molecule has 0 aliphatic rings. The Balaban J connectivity index is 2.12. The molecule has 0 aliphatic heterocycles. The predicted octanol–water partition coefficient (Wildman–Crippen LogP) is 3.48. The smallest absolute Gasteiger partial charge is 0.172 e. The average Bonchev–Trinajstić information content (AvgIpc) is 2.91. The van der Waals surface area contributed by atoms with Gasteiger partial charge in [0.2, 0.25) is 0 Å². The minimum atomic E-state index is 0.303. The molecule has 0 atom stereocenters. The number of carbonyl (C=O) groups is 1. The highest BCUT2D eigenvalue weighted by Gasteiger charge is 2.13. The number of benzene rings is 1. The monoisotopic (exact) mass is 301 g/mol. The second-order valence-corrected chi connectivity index (χ2v) is 5.46. The van der Waals surface area contributed by atoms with Crippen molar-refractivity contribution in [3.8, 4) is 5.75 Å². The predicted molar refractivity (Wildman–Crippen MR) is 85.2 cm³/mol. The van der Waals surface area contributed by atoms with Gasteiger partial charge in [-0.05, 0) is 37.5 Å². The number of aromatic nitrogens is 3. The zero-order valence-corrected chi connectivity index (χ0v) is 13.5. The van der Waals surface area contributed by atoms with Gasteiger partial charge < -0.3 is 4.74 Å². The lowest BCUT2D eigenvalue weighted by Crippen LogP contribution is -2.10. The number of aryl methyl sites for hydroxylation is 2. The topological polar surface area (TPSA) is 57.0 Å². The number of ether oxygens (including phenoxy) is 1. The molecule has 1 aromatic carbocycles. The number of carbonyl (C=O) groups excluding carboxylic acids is 1. The van der Waals surface area contributed by atoms with Crippen molar-refractivity contribution in [3.63, 3.8) is 0 Å². The van der Waals surface area contributed by atoms with Crippen LogP contribution in [0.25, 0.3) is 0 Å². The van der Waals surface area contributed by atoms with E-state index < -0.39 is 0 Å². The molecular weight excluding hydrogens is 278 g/mol. The fourth-order valence-corrected chi connectivity index (χ4v) is 2.30. The molecule has 0 saturated carbocycles. The van der Waals surface area contributed by atoms with E-state index in [0.29, 0.717) is 12.3 Å². The molecule has 22 heavy (non-hydrogen) atoms. The van der Waals surface area contributed by atoms with Crippen molar-refractivity contribution in [2.75, 3.05) is 0 Å². The maximum Gasteiger partial charge on any atom is 0.172 e. The van der Waals surface area contributed by atoms with Gasteiger partial charge in [-0.15, -0.1) is 5.10 Å². The largest absolute Gasteiger partial charge is 0.487 e. The number of unbranched alkanes of at least 4 members (excludes halogenated alkanes) is 2. The minimum absolute atomic E-state index is 0.303. The van der Waals surface area contributed by atoms with Crippen molar-refractivity contribution >= 4 is 6.29 Å². The Morgan fingerprint density at radius 2 is 2.09 bits per heavy atom. The Morgan fingerprint density at radius 1 is 1.27 bits per heavy atom. The van der Waals surface area contributed by atoms with Crippen LogP contribution in [0.2, 0.25) is 0 Å². The summed E-state index contributed by atoms with van der Waals surface area (Å²) in [5.74, 6) is 0.832. The molecule has 0 aliphatic carbocycles. The molecule has 1 aromatic heterocycles. The van der Waals surface area contributed by atoms with Crippen LogP contribution < -0.4 is 4.74 Å². The first kappa shape index (κ1) is 16.2. The fraction of sp³-hybridized carbons (Fsp3) is 0.471. The number of aldehydes is 1. The van der Waals surface area contributed by atoms with Gasteiger partial charge in [0.1, 0.15) is 18.1 Å². The zero-order valence-electron chi connectivity index (χ0n) is 13.5. The molecule has 0 radical (unpaired) electrons. The zero-order chi connectivity index (χ0) is 15.9. The van der Waals surface area contributed by atoms with Crippen LogP contribution in [0, 0.1) is 13.8 Å². The van der Waals surface area contributed by atoms with Crippen LogP contribution in [0.4, 0.5) is 0 Å². The van der Waals surface area contributed by atoms with E-state index in [2.05, 4.69) is 30.2 Å². The lowest BCUT2D eigenvalue weighted by atomic mass is 10.1. The van der Waals surface area contributed by atoms with Gasteiger partial charge in [0.25, 0.3) is 0 Å². The summed E-state index contributed by atoms with van der Waals surface area (Å²) in [6, 6.07) is 5.96. The van der Waals surface area contributed by atoms with Crippen LogP contribution in [0.1, 0.15) is 53.5 Å². The summed E-state index contributed by atoms with van der Waals surface area (Å²) < 4.78 is 7.67. The van der Waals surface area contributed by atoms with Gasteiger partial charge in [0, 0.05) is 6.54 Å². The van der Waals surface area contributed by atoms with Gasteiger partial charge in [-0.2, -0.15) is 0 Å². The Kier molecular flexibility index (Phi) is 5.69. The Labute approximate surface area is 131 Å². The molecule has 1 heterocycles. The quantitative estimate of drug-likeness (QED) is 0.553. The molecule has 0 unspecified atom stereocenters. The molecule has 5 nitrogen and oxygen atoms in total. The summed E-state index contributed by atoms with van der Waals surface area (Å²) in [6.07, 6.45) is 4.04. The van der Waals surface area contributed by atoms with Crippen molar-refractivity contribution in [1.82, 2.24) is 15.0 Å². The van der Waals surface area contributed by atoms with Crippen molar-refractivity contribution in [1.29, 1.82) is 0 Å². The molecule has 0 saturated heterocycles. The average molecular weight is 301 g/mol. The van der Waals surface area contributed by atoms with Crippen LogP contribution in [0.3, 0.4) is 0 Å². The highest BCUT2D eigenvalue weighted by molar-refractivity contribution is 5.73. The van der Waals surface area contributed by atoms with E-state index in [0.717, 1.165) is 49.1 Å². The van der Waals surface area contributed by atoms with Crippen molar-refractivity contribution in [3.05, 3.63) is 40.7 Å². The molecule has 2 aromatic rings. The molecule has 0 spiro atoms. The van der Waals surface area contributed by atoms with Crippen LogP contribution in [0.15, 0.2) is 18.2 Å². The molecule has 0 fully saturated rings. The van der Waals surface area contributed by atoms with Gasteiger partial charge in [-0.25, -0.2) is 4.68 Å². The summed E-state index contributed by atoms with van der Waals surface area (Å²) in [5, 5.41) is 8.00. The number of rotatable bonds is 8. The van der Waals surface area contributed by atoms with Crippen molar-refractivity contribution < 1.29 is 9.53 Å². The maximum atomic E-state index is 11.1. The minimum Gasteiger partial charge on any atom is -0.487 e. The molecule has 5 heteroatoms. The Bertz CT molecular complexity index is 635. The highest BCUT2D eigenvalue weighted by Crippen LogP contribution is 2.22. The second-order valence-electron chi connectivity index (χ2n) is 5.46. The van der Waals surface area contributed by atoms with Gasteiger partial charge in [0.05, 0.1) is 0 Å². The molecular formula is C17H23N3O2. The first-order chi connectivity index (χ1) is 10.7. The van der Waals surface area contributed by atoms with E-state index in [1.165, 1.54) is 5.56 Å². The summed E-state index contributed by atoms with van der Waals surface area (Å²) in [5.41, 5.74) is 3.40. The normalized spacial score (nSPS) is 10.7.